The number of aromatic nitrogens is 1. The average Bonchev–Trinajstić information content (AvgIpc) is 2.85. The van der Waals surface area contributed by atoms with E-state index in [1.165, 1.54) is 11.1 Å². The summed E-state index contributed by atoms with van der Waals surface area (Å²) in [5, 5.41) is 5.07. The first-order valence-corrected chi connectivity index (χ1v) is 12.5. The van der Waals surface area contributed by atoms with Gasteiger partial charge in [0.05, 0.1) is 5.71 Å². The topological polar surface area (TPSA) is 84.0 Å². The van der Waals surface area contributed by atoms with E-state index >= 15 is 0 Å². The monoisotopic (exact) mass is 483 g/mol. The maximum atomic E-state index is 13.2. The number of pyridine rings is 1. The standard InChI is InChI=1S/C26H34ClN5O2/c1-34-30-24(16-19-2-4-23(27)5-3-19)21-9-14-32(15-10-21)26(33)22-7-12-31(13-8-22)18-20-6-11-29-25(28)17-20/h2-6,11,17,21-22H,7-10,12-16,18H2,1H3,(H2,28,29)/b30-24+. The Balaban J connectivity index is 1.25. The van der Waals surface area contributed by atoms with Crippen LogP contribution in [-0.4, -0.2) is 59.7 Å². The molecule has 2 fully saturated rings. The Kier molecular flexibility index (Phi) is 8.40. The fraction of sp³-hybridized carbons (Fsp3) is 0.500. The number of hydrogen-bond acceptors (Lipinski definition) is 6. The van der Waals surface area contributed by atoms with E-state index in [0.717, 1.165) is 75.6 Å². The van der Waals surface area contributed by atoms with Crippen LogP contribution in [0.3, 0.4) is 0 Å². The molecular formula is C26H34ClN5O2. The summed E-state index contributed by atoms with van der Waals surface area (Å²) in [7, 11) is 1.59. The molecular weight excluding hydrogens is 450 g/mol. The Labute approximate surface area is 206 Å². The Morgan fingerprint density at radius 1 is 1.06 bits per heavy atom. The molecule has 1 aromatic carbocycles. The highest BCUT2D eigenvalue weighted by Gasteiger charge is 2.32. The number of oxime groups is 1. The maximum absolute atomic E-state index is 13.2. The van der Waals surface area contributed by atoms with Crippen LogP contribution in [0.4, 0.5) is 5.82 Å². The van der Waals surface area contributed by atoms with Crippen molar-refractivity contribution in [3.63, 3.8) is 0 Å². The number of piperidine rings is 2. The predicted octanol–water partition coefficient (Wildman–Crippen LogP) is 4.01. The van der Waals surface area contributed by atoms with E-state index in [9.17, 15) is 4.79 Å². The van der Waals surface area contributed by atoms with Gasteiger partial charge in [-0.25, -0.2) is 4.98 Å². The SMILES string of the molecule is CO/N=C(\Cc1ccc(Cl)cc1)C1CCN(C(=O)C2CCN(Cc3ccnc(N)c3)CC2)CC1. The van der Waals surface area contributed by atoms with Gasteiger partial charge in [0.1, 0.15) is 12.9 Å². The zero-order valence-electron chi connectivity index (χ0n) is 19.8. The summed E-state index contributed by atoms with van der Waals surface area (Å²) in [5.74, 6) is 1.32. The van der Waals surface area contributed by atoms with Crippen LogP contribution >= 0.6 is 11.6 Å². The number of nitrogen functional groups attached to an aromatic ring is 1. The molecule has 8 heteroatoms. The lowest BCUT2D eigenvalue weighted by Crippen LogP contribution is -2.46. The number of rotatable bonds is 7. The molecule has 1 amide bonds. The number of likely N-dealkylation sites (tertiary alicyclic amines) is 2. The molecule has 0 bridgehead atoms. The zero-order valence-corrected chi connectivity index (χ0v) is 20.6. The number of nitrogens with zero attached hydrogens (tertiary/aromatic N) is 4. The van der Waals surface area contributed by atoms with Crippen molar-refractivity contribution in [2.24, 2.45) is 17.0 Å². The molecule has 3 heterocycles. The first-order valence-electron chi connectivity index (χ1n) is 12.1. The first kappa shape index (κ1) is 24.5. The van der Waals surface area contributed by atoms with Crippen molar-refractivity contribution in [1.29, 1.82) is 0 Å². The van der Waals surface area contributed by atoms with Gasteiger partial charge in [0.2, 0.25) is 5.91 Å². The third kappa shape index (κ3) is 6.48. The lowest BCUT2D eigenvalue weighted by molar-refractivity contribution is -0.138. The van der Waals surface area contributed by atoms with Crippen LogP contribution in [0.5, 0.6) is 0 Å². The first-order chi connectivity index (χ1) is 16.5. The van der Waals surface area contributed by atoms with Crippen molar-refractivity contribution < 1.29 is 9.63 Å². The van der Waals surface area contributed by atoms with Crippen LogP contribution in [-0.2, 0) is 22.6 Å². The van der Waals surface area contributed by atoms with Crippen LogP contribution in [0.1, 0.15) is 36.8 Å². The van der Waals surface area contributed by atoms with E-state index < -0.39 is 0 Å². The minimum Gasteiger partial charge on any atom is -0.399 e. The van der Waals surface area contributed by atoms with Crippen LogP contribution in [0.15, 0.2) is 47.8 Å². The summed E-state index contributed by atoms with van der Waals surface area (Å²) < 4.78 is 0. The van der Waals surface area contributed by atoms with Crippen LogP contribution < -0.4 is 5.73 Å². The minimum absolute atomic E-state index is 0.122. The summed E-state index contributed by atoms with van der Waals surface area (Å²) in [6.45, 7) is 4.28. The Morgan fingerprint density at radius 2 is 1.74 bits per heavy atom. The molecule has 2 aliphatic rings. The Bertz CT molecular complexity index is 981. The van der Waals surface area contributed by atoms with Crippen molar-refractivity contribution >= 4 is 29.0 Å². The lowest BCUT2D eigenvalue weighted by Gasteiger charge is -2.37. The van der Waals surface area contributed by atoms with Crippen LogP contribution in [0, 0.1) is 11.8 Å². The molecule has 2 aromatic rings. The van der Waals surface area contributed by atoms with Gasteiger partial charge in [0, 0.05) is 49.1 Å². The third-order valence-electron chi connectivity index (χ3n) is 6.97. The van der Waals surface area contributed by atoms with E-state index in [2.05, 4.69) is 19.9 Å². The quantitative estimate of drug-likeness (QED) is 0.475. The number of carbonyl (C=O) groups excluding carboxylic acids is 1. The third-order valence-corrected chi connectivity index (χ3v) is 7.23. The molecule has 0 unspecified atom stereocenters. The Morgan fingerprint density at radius 3 is 2.38 bits per heavy atom. The van der Waals surface area contributed by atoms with E-state index in [1.807, 2.05) is 36.4 Å². The highest BCUT2D eigenvalue weighted by Crippen LogP contribution is 2.26. The summed E-state index contributed by atoms with van der Waals surface area (Å²) in [6, 6.07) is 11.8. The zero-order chi connectivity index (χ0) is 23.9. The molecule has 0 spiro atoms. The average molecular weight is 484 g/mol. The second kappa shape index (κ2) is 11.7. The number of amides is 1. The molecule has 34 heavy (non-hydrogen) atoms. The lowest BCUT2D eigenvalue weighted by atomic mass is 9.87. The van der Waals surface area contributed by atoms with Gasteiger partial charge >= 0.3 is 0 Å². The number of nitrogens with two attached hydrogens (primary N) is 1. The van der Waals surface area contributed by atoms with Crippen molar-refractivity contribution in [3.05, 3.63) is 58.7 Å². The van der Waals surface area contributed by atoms with Crippen LogP contribution in [0.25, 0.3) is 0 Å². The summed E-state index contributed by atoms with van der Waals surface area (Å²) in [4.78, 5) is 26.9. The minimum atomic E-state index is 0.122. The van der Waals surface area contributed by atoms with Gasteiger partial charge < -0.3 is 15.5 Å². The molecule has 2 aliphatic heterocycles. The molecule has 4 rings (SSSR count). The van der Waals surface area contributed by atoms with Crippen molar-refractivity contribution in [2.45, 2.75) is 38.6 Å². The molecule has 0 radical (unpaired) electrons. The second-order valence-electron chi connectivity index (χ2n) is 9.31. The van der Waals surface area contributed by atoms with Crippen LogP contribution in [0.2, 0.25) is 5.02 Å². The number of anilines is 1. The van der Waals surface area contributed by atoms with Gasteiger partial charge in [-0.1, -0.05) is 28.9 Å². The fourth-order valence-electron chi connectivity index (χ4n) is 5.06. The number of hydrogen-bond donors (Lipinski definition) is 1. The van der Waals surface area contributed by atoms with Gasteiger partial charge in [-0.15, -0.1) is 0 Å². The molecule has 182 valence electrons. The predicted molar refractivity (Wildman–Crippen MR) is 136 cm³/mol. The molecule has 0 saturated carbocycles. The van der Waals surface area contributed by atoms with Crippen molar-refractivity contribution in [2.75, 3.05) is 39.0 Å². The number of benzene rings is 1. The van der Waals surface area contributed by atoms with Gasteiger partial charge in [-0.3, -0.25) is 9.69 Å². The molecule has 2 saturated heterocycles. The number of carbonyl (C=O) groups is 1. The van der Waals surface area contributed by atoms with Gasteiger partial charge in [0.25, 0.3) is 0 Å². The van der Waals surface area contributed by atoms with E-state index in [1.54, 1.807) is 13.3 Å². The molecule has 0 aliphatic carbocycles. The Hall–Kier alpha value is -2.64. The second-order valence-corrected chi connectivity index (χ2v) is 9.74. The van der Waals surface area contributed by atoms with Gasteiger partial charge in [0.15, 0.2) is 0 Å². The summed E-state index contributed by atoms with van der Waals surface area (Å²) >= 11 is 6.02. The van der Waals surface area contributed by atoms with Crippen molar-refractivity contribution in [1.82, 2.24) is 14.8 Å². The maximum Gasteiger partial charge on any atom is 0.225 e. The molecule has 2 N–H and O–H groups in total. The highest BCUT2D eigenvalue weighted by molar-refractivity contribution is 6.30. The van der Waals surface area contributed by atoms with E-state index in [0.29, 0.717) is 17.6 Å². The van der Waals surface area contributed by atoms with Crippen molar-refractivity contribution in [3.8, 4) is 0 Å². The van der Waals surface area contributed by atoms with E-state index in [-0.39, 0.29) is 5.92 Å². The molecule has 0 atom stereocenters. The number of halogens is 1. The van der Waals surface area contributed by atoms with E-state index in [4.69, 9.17) is 22.2 Å². The summed E-state index contributed by atoms with van der Waals surface area (Å²) in [5.41, 5.74) is 9.18. The summed E-state index contributed by atoms with van der Waals surface area (Å²) in [6.07, 6.45) is 6.15. The van der Waals surface area contributed by atoms with Gasteiger partial charge in [-0.2, -0.15) is 0 Å². The normalized spacial score (nSPS) is 18.8. The fourth-order valence-corrected chi connectivity index (χ4v) is 5.19. The highest BCUT2D eigenvalue weighted by atomic mass is 35.5. The molecule has 1 aromatic heterocycles. The largest absolute Gasteiger partial charge is 0.399 e. The van der Waals surface area contributed by atoms with Gasteiger partial charge in [-0.05, 0) is 74.2 Å². The molecule has 7 nitrogen and oxygen atoms in total. The smallest absolute Gasteiger partial charge is 0.225 e.